The first-order valence-electron chi connectivity index (χ1n) is 8.29. The van der Waals surface area contributed by atoms with Crippen molar-refractivity contribution in [1.82, 2.24) is 10.3 Å². The van der Waals surface area contributed by atoms with Crippen molar-refractivity contribution < 1.29 is 0 Å². The average Bonchev–Trinajstić information content (AvgIpc) is 2.90. The Morgan fingerprint density at radius 1 is 1.15 bits per heavy atom. The monoisotopic (exact) mass is 290 g/mol. The van der Waals surface area contributed by atoms with Crippen molar-refractivity contribution >= 4 is 11.3 Å². The molecule has 2 unspecified atom stereocenters. The summed E-state index contributed by atoms with van der Waals surface area (Å²) in [6, 6.07) is 1.02. The molecule has 3 heteroatoms. The van der Waals surface area contributed by atoms with Gasteiger partial charge in [0.25, 0.3) is 0 Å². The fourth-order valence-corrected chi connectivity index (χ4v) is 6.43. The molecule has 4 aliphatic carbocycles. The van der Waals surface area contributed by atoms with E-state index in [4.69, 9.17) is 0 Å². The summed E-state index contributed by atoms with van der Waals surface area (Å²) in [6.07, 6.45) is 9.06. The van der Waals surface area contributed by atoms with E-state index in [-0.39, 0.29) is 0 Å². The Balaban J connectivity index is 1.49. The van der Waals surface area contributed by atoms with Crippen LogP contribution in [-0.4, -0.2) is 11.0 Å². The molecule has 0 radical (unpaired) electrons. The lowest BCUT2D eigenvalue weighted by Gasteiger charge is -2.59. The number of nitrogens with one attached hydrogen (secondary N) is 1. The predicted octanol–water partition coefficient (Wildman–Crippen LogP) is 4.40. The van der Waals surface area contributed by atoms with Crippen LogP contribution in [0.25, 0.3) is 0 Å². The van der Waals surface area contributed by atoms with Crippen LogP contribution in [0, 0.1) is 23.2 Å². The minimum absolute atomic E-state index is 0.393. The van der Waals surface area contributed by atoms with Crippen LogP contribution >= 0.6 is 11.3 Å². The van der Waals surface area contributed by atoms with Gasteiger partial charge >= 0.3 is 0 Å². The summed E-state index contributed by atoms with van der Waals surface area (Å²) in [7, 11) is 0. The van der Waals surface area contributed by atoms with E-state index in [0.29, 0.717) is 17.5 Å². The van der Waals surface area contributed by atoms with Crippen molar-refractivity contribution in [3.8, 4) is 0 Å². The standard InChI is InChI=1S/C17H26N2S/c1-11(16-9-20-10-18-16)19-12(2)17-6-13-3-14(7-17)5-15(4-13)8-17/h9-15,19H,3-8H2,1-2H3. The number of nitrogens with zero attached hydrogens (tertiary/aromatic N) is 1. The topological polar surface area (TPSA) is 24.9 Å². The summed E-state index contributed by atoms with van der Waals surface area (Å²) in [4.78, 5) is 4.47. The molecule has 0 aliphatic heterocycles. The first-order chi connectivity index (χ1) is 9.64. The van der Waals surface area contributed by atoms with Crippen molar-refractivity contribution in [3.63, 3.8) is 0 Å². The molecule has 1 aromatic rings. The summed E-state index contributed by atoms with van der Waals surface area (Å²) in [5.41, 5.74) is 3.76. The van der Waals surface area contributed by atoms with Gasteiger partial charge in [-0.2, -0.15) is 0 Å². The second-order valence-electron chi connectivity index (χ2n) is 7.80. The maximum absolute atomic E-state index is 4.47. The number of aromatic nitrogens is 1. The molecule has 0 spiro atoms. The quantitative estimate of drug-likeness (QED) is 0.889. The maximum Gasteiger partial charge on any atom is 0.0795 e. The van der Waals surface area contributed by atoms with Gasteiger partial charge in [0.1, 0.15) is 0 Å². The van der Waals surface area contributed by atoms with Crippen LogP contribution in [0.3, 0.4) is 0 Å². The molecule has 5 rings (SSSR count). The molecular weight excluding hydrogens is 264 g/mol. The van der Waals surface area contributed by atoms with Crippen LogP contribution in [0.1, 0.15) is 64.1 Å². The van der Waals surface area contributed by atoms with Gasteiger partial charge in [0.2, 0.25) is 0 Å². The molecule has 4 saturated carbocycles. The Kier molecular flexibility index (Phi) is 3.19. The fourth-order valence-electron chi connectivity index (χ4n) is 5.78. The third-order valence-corrected chi connectivity index (χ3v) is 7.00. The Morgan fingerprint density at radius 2 is 1.75 bits per heavy atom. The highest BCUT2D eigenvalue weighted by molar-refractivity contribution is 7.07. The molecule has 2 nitrogen and oxygen atoms in total. The van der Waals surface area contributed by atoms with Crippen molar-refractivity contribution in [1.29, 1.82) is 0 Å². The lowest BCUT2D eigenvalue weighted by Crippen LogP contribution is -2.55. The zero-order valence-electron chi connectivity index (χ0n) is 12.6. The van der Waals surface area contributed by atoms with Gasteiger partial charge in [-0.1, -0.05) is 0 Å². The molecule has 4 aliphatic rings. The highest BCUT2D eigenvalue weighted by Crippen LogP contribution is 2.61. The van der Waals surface area contributed by atoms with Gasteiger partial charge in [-0.25, -0.2) is 4.98 Å². The van der Waals surface area contributed by atoms with Crippen LogP contribution in [0.15, 0.2) is 10.9 Å². The van der Waals surface area contributed by atoms with Gasteiger partial charge in [-0.3, -0.25) is 0 Å². The fraction of sp³-hybridized carbons (Fsp3) is 0.824. The van der Waals surface area contributed by atoms with E-state index >= 15 is 0 Å². The minimum Gasteiger partial charge on any atom is -0.306 e. The Hall–Kier alpha value is -0.410. The predicted molar refractivity (Wildman–Crippen MR) is 83.7 cm³/mol. The van der Waals surface area contributed by atoms with Gasteiger partial charge < -0.3 is 5.32 Å². The molecule has 0 amide bonds. The van der Waals surface area contributed by atoms with Crippen molar-refractivity contribution in [2.45, 2.75) is 64.5 Å². The van der Waals surface area contributed by atoms with E-state index in [1.165, 1.54) is 44.2 Å². The van der Waals surface area contributed by atoms with Gasteiger partial charge in [0.15, 0.2) is 0 Å². The third-order valence-electron chi connectivity index (χ3n) is 6.40. The van der Waals surface area contributed by atoms with E-state index in [0.717, 1.165) is 17.8 Å². The van der Waals surface area contributed by atoms with Crippen LogP contribution in [0.5, 0.6) is 0 Å². The highest BCUT2D eigenvalue weighted by atomic mass is 32.1. The van der Waals surface area contributed by atoms with E-state index < -0.39 is 0 Å². The highest BCUT2D eigenvalue weighted by Gasteiger charge is 2.53. The minimum atomic E-state index is 0.393. The zero-order valence-corrected chi connectivity index (χ0v) is 13.5. The lowest BCUT2D eigenvalue weighted by atomic mass is 9.48. The summed E-state index contributed by atoms with van der Waals surface area (Å²) in [6.45, 7) is 4.71. The van der Waals surface area contributed by atoms with Crippen molar-refractivity contribution in [2.75, 3.05) is 0 Å². The first-order valence-corrected chi connectivity index (χ1v) is 9.23. The molecule has 2 atom stereocenters. The molecular formula is C17H26N2S. The van der Waals surface area contributed by atoms with Gasteiger partial charge in [0.05, 0.1) is 11.2 Å². The molecule has 110 valence electrons. The van der Waals surface area contributed by atoms with Crippen LogP contribution in [0.2, 0.25) is 0 Å². The van der Waals surface area contributed by atoms with Crippen molar-refractivity contribution in [2.24, 2.45) is 23.2 Å². The van der Waals surface area contributed by atoms with E-state index in [2.05, 4.69) is 29.5 Å². The van der Waals surface area contributed by atoms with E-state index in [1.54, 1.807) is 11.3 Å². The van der Waals surface area contributed by atoms with Crippen molar-refractivity contribution in [3.05, 3.63) is 16.6 Å². The summed E-state index contributed by atoms with van der Waals surface area (Å²) < 4.78 is 0. The summed E-state index contributed by atoms with van der Waals surface area (Å²) in [5, 5.41) is 6.07. The second-order valence-corrected chi connectivity index (χ2v) is 8.52. The second kappa shape index (κ2) is 4.81. The summed E-state index contributed by atoms with van der Waals surface area (Å²) >= 11 is 1.70. The maximum atomic E-state index is 4.47. The average molecular weight is 290 g/mol. The third kappa shape index (κ3) is 2.14. The number of hydrogen-bond acceptors (Lipinski definition) is 3. The molecule has 4 fully saturated rings. The SMILES string of the molecule is CC(NC(C)C12CC3CC(CC(C3)C1)C2)c1cscn1. The molecule has 4 bridgehead atoms. The molecule has 0 saturated heterocycles. The largest absolute Gasteiger partial charge is 0.306 e. The van der Waals surface area contributed by atoms with Crippen LogP contribution < -0.4 is 5.32 Å². The number of rotatable bonds is 4. The Morgan fingerprint density at radius 3 is 2.25 bits per heavy atom. The molecule has 0 aromatic carbocycles. The lowest BCUT2D eigenvalue weighted by molar-refractivity contribution is -0.0719. The Labute approximate surface area is 126 Å². The van der Waals surface area contributed by atoms with E-state index in [9.17, 15) is 0 Å². The van der Waals surface area contributed by atoms with Gasteiger partial charge in [0, 0.05) is 17.5 Å². The van der Waals surface area contributed by atoms with Gasteiger partial charge in [-0.05, 0) is 75.5 Å². The van der Waals surface area contributed by atoms with Crippen LogP contribution in [-0.2, 0) is 0 Å². The normalized spacial score (nSPS) is 41.8. The van der Waals surface area contributed by atoms with Crippen LogP contribution in [0.4, 0.5) is 0 Å². The Bertz CT molecular complexity index is 432. The molecule has 1 aromatic heterocycles. The van der Waals surface area contributed by atoms with E-state index in [1.807, 2.05) is 5.51 Å². The first kappa shape index (κ1) is 13.3. The number of hydrogen-bond donors (Lipinski definition) is 1. The number of thiazole rings is 1. The molecule has 1 N–H and O–H groups in total. The smallest absolute Gasteiger partial charge is 0.0795 e. The molecule has 20 heavy (non-hydrogen) atoms. The molecule has 1 heterocycles. The zero-order chi connectivity index (χ0) is 13.7. The summed E-state index contributed by atoms with van der Waals surface area (Å²) in [5.74, 6) is 3.13. The van der Waals surface area contributed by atoms with Gasteiger partial charge in [-0.15, -0.1) is 11.3 Å².